The van der Waals surface area contributed by atoms with Crippen LogP contribution in [0.25, 0.3) is 0 Å². The van der Waals surface area contributed by atoms with Gasteiger partial charge in [-0.2, -0.15) is 30.4 Å². The van der Waals surface area contributed by atoms with Gasteiger partial charge in [0, 0.05) is 17.9 Å². The molecule has 0 unspecified atom stereocenters. The van der Waals surface area contributed by atoms with Gasteiger partial charge in [-0.3, -0.25) is 0 Å². The van der Waals surface area contributed by atoms with Crippen molar-refractivity contribution < 1.29 is 17.7 Å². The molecule has 5 heteroatoms. The molecule has 0 radical (unpaired) electrons. The number of halogens is 3. The molecule has 0 saturated heterocycles. The van der Waals surface area contributed by atoms with E-state index in [0.29, 0.717) is 5.75 Å². The molecule has 72 valence electrons. The highest BCUT2D eigenvalue weighted by atomic mass is 32.1. The highest BCUT2D eigenvalue weighted by Gasteiger charge is 2.32. The predicted octanol–water partition coefficient (Wildman–Crippen LogP) is 1.97. The number of alkyl halides is 3. The first-order valence-electron chi connectivity index (χ1n) is 3.67. The maximum absolute atomic E-state index is 11.9. The van der Waals surface area contributed by atoms with Gasteiger partial charge in [-0.25, -0.2) is 0 Å². The van der Waals surface area contributed by atoms with Crippen LogP contribution in [0, 0.1) is 0 Å². The summed E-state index contributed by atoms with van der Waals surface area (Å²) in [6.07, 6.45) is -1.36. The third-order valence-electron chi connectivity index (χ3n) is 1.50. The first-order valence-corrected chi connectivity index (χ1v) is 4.30. The molecule has 0 N–H and O–H groups in total. The molecule has 1 aromatic rings. The Morgan fingerprint density at radius 3 is 2.15 bits per heavy atom. The summed E-state index contributed by atoms with van der Waals surface area (Å²) in [6.45, 7) is -0.945. The molecule has 0 saturated carbocycles. The topological polar surface area (TPSA) is 3.88 Å². The highest BCUT2D eigenvalue weighted by molar-refractivity contribution is 7.79. The van der Waals surface area contributed by atoms with E-state index in [0.717, 1.165) is 10.1 Å². The number of hydrogen-bond acceptors (Lipinski definition) is 1. The van der Waals surface area contributed by atoms with Gasteiger partial charge >= 0.3 is 6.18 Å². The van der Waals surface area contributed by atoms with Gasteiger partial charge in [0.25, 0.3) is 0 Å². The predicted molar refractivity (Wildman–Crippen MR) is 45.4 cm³/mol. The molecule has 1 nitrogen and oxygen atoms in total. The monoisotopic (exact) mass is 208 g/mol. The molecular formula is C8H9F3NS+. The zero-order valence-electron chi connectivity index (χ0n) is 6.75. The molecule has 0 atom stereocenters. The fourth-order valence-electron chi connectivity index (χ4n) is 0.906. The Kier molecular flexibility index (Phi) is 3.19. The number of nitrogens with zero attached hydrogens (tertiary/aromatic N) is 1. The summed E-state index contributed by atoms with van der Waals surface area (Å²) < 4.78 is 36.8. The minimum absolute atomic E-state index is 0.535. The molecule has 1 aromatic heterocycles. The lowest BCUT2D eigenvalue weighted by Crippen LogP contribution is -2.40. The Morgan fingerprint density at radius 2 is 1.77 bits per heavy atom. The Labute approximate surface area is 79.6 Å². The van der Waals surface area contributed by atoms with Gasteiger partial charge in [-0.1, -0.05) is 0 Å². The summed E-state index contributed by atoms with van der Waals surface area (Å²) in [7, 11) is 0. The normalized spacial score (nSPS) is 11.7. The summed E-state index contributed by atoms with van der Waals surface area (Å²) in [6, 6.07) is 3.25. The van der Waals surface area contributed by atoms with Crippen LogP contribution in [0.4, 0.5) is 13.2 Å². The van der Waals surface area contributed by atoms with Gasteiger partial charge < -0.3 is 0 Å². The fourth-order valence-corrected chi connectivity index (χ4v) is 1.12. The van der Waals surface area contributed by atoms with Crippen LogP contribution < -0.4 is 4.57 Å². The van der Waals surface area contributed by atoms with E-state index < -0.39 is 12.7 Å². The van der Waals surface area contributed by atoms with Crippen molar-refractivity contribution in [2.75, 3.05) is 0 Å². The molecular weight excluding hydrogens is 199 g/mol. The quantitative estimate of drug-likeness (QED) is 0.559. The number of rotatable bonds is 2. The van der Waals surface area contributed by atoms with E-state index in [2.05, 4.69) is 12.6 Å². The highest BCUT2D eigenvalue weighted by Crippen LogP contribution is 2.13. The van der Waals surface area contributed by atoms with Crippen LogP contribution in [0.5, 0.6) is 0 Å². The van der Waals surface area contributed by atoms with E-state index in [-0.39, 0.29) is 0 Å². The van der Waals surface area contributed by atoms with Crippen LogP contribution in [0.2, 0.25) is 0 Å². The minimum atomic E-state index is -4.16. The van der Waals surface area contributed by atoms with Gasteiger partial charge in [0.1, 0.15) is 0 Å². The van der Waals surface area contributed by atoms with Gasteiger partial charge in [0.05, 0.1) is 0 Å². The van der Waals surface area contributed by atoms with Crippen molar-refractivity contribution in [3.05, 3.63) is 30.1 Å². The van der Waals surface area contributed by atoms with E-state index >= 15 is 0 Å². The molecule has 13 heavy (non-hydrogen) atoms. The van der Waals surface area contributed by atoms with Crippen molar-refractivity contribution in [2.45, 2.75) is 18.5 Å². The molecule has 1 heterocycles. The van der Waals surface area contributed by atoms with Crippen molar-refractivity contribution in [3.8, 4) is 0 Å². The first kappa shape index (κ1) is 10.4. The molecule has 0 fully saturated rings. The number of thiol groups is 1. The third kappa shape index (κ3) is 3.67. The van der Waals surface area contributed by atoms with Gasteiger partial charge in [0.2, 0.25) is 6.54 Å². The summed E-state index contributed by atoms with van der Waals surface area (Å²) in [5.74, 6) is 0.535. The Hall–Kier alpha value is -0.710. The number of pyridine rings is 1. The maximum atomic E-state index is 11.9. The lowest BCUT2D eigenvalue weighted by atomic mass is 10.3. The largest absolute Gasteiger partial charge is 0.448 e. The third-order valence-corrected chi connectivity index (χ3v) is 1.87. The molecule has 0 spiro atoms. The number of aromatic nitrogens is 1. The Balaban J connectivity index is 2.70. The molecule has 1 rings (SSSR count). The molecule has 0 aliphatic carbocycles. The molecule has 0 aliphatic heterocycles. The second kappa shape index (κ2) is 4.00. The van der Waals surface area contributed by atoms with Crippen LogP contribution >= 0.6 is 12.6 Å². The smallest absolute Gasteiger partial charge is 0.196 e. The van der Waals surface area contributed by atoms with Crippen molar-refractivity contribution in [1.29, 1.82) is 0 Å². The van der Waals surface area contributed by atoms with Crippen LogP contribution in [0.3, 0.4) is 0 Å². The van der Waals surface area contributed by atoms with Gasteiger partial charge in [-0.15, -0.1) is 0 Å². The minimum Gasteiger partial charge on any atom is -0.196 e. The molecule has 0 aromatic carbocycles. The van der Waals surface area contributed by atoms with Crippen LogP contribution in [0.1, 0.15) is 5.56 Å². The second-order valence-electron chi connectivity index (χ2n) is 2.65. The summed E-state index contributed by atoms with van der Waals surface area (Å²) >= 11 is 4.00. The van der Waals surface area contributed by atoms with Gasteiger partial charge in [-0.05, 0) is 5.56 Å². The van der Waals surface area contributed by atoms with Crippen LogP contribution in [-0.2, 0) is 12.3 Å². The van der Waals surface area contributed by atoms with Crippen molar-refractivity contribution in [1.82, 2.24) is 0 Å². The average molecular weight is 208 g/mol. The molecule has 0 aliphatic rings. The van der Waals surface area contributed by atoms with E-state index in [1.54, 1.807) is 12.1 Å². The maximum Gasteiger partial charge on any atom is 0.448 e. The van der Waals surface area contributed by atoms with E-state index in [9.17, 15) is 13.2 Å². The fraction of sp³-hybridized carbons (Fsp3) is 0.375. The Morgan fingerprint density at radius 1 is 1.23 bits per heavy atom. The van der Waals surface area contributed by atoms with Crippen molar-refractivity contribution >= 4 is 12.6 Å². The Bertz CT molecular complexity index is 268. The van der Waals surface area contributed by atoms with E-state index in [1.807, 2.05) is 0 Å². The molecule has 0 amide bonds. The molecule has 0 bridgehead atoms. The SMILES string of the molecule is FC(F)(F)C[n+]1ccc(CS)cc1. The second-order valence-corrected chi connectivity index (χ2v) is 2.97. The van der Waals surface area contributed by atoms with Crippen LogP contribution in [-0.4, -0.2) is 6.18 Å². The first-order chi connectivity index (χ1) is 6.01. The standard InChI is InChI=1S/C8H8F3NS/c9-8(10,11)6-12-3-1-7(5-13)2-4-12/h1-4H,5-6H2/p+1. The zero-order chi connectivity index (χ0) is 9.90. The summed E-state index contributed by atoms with van der Waals surface area (Å²) in [5, 5.41) is 0. The lowest BCUT2D eigenvalue weighted by molar-refractivity contribution is -0.719. The van der Waals surface area contributed by atoms with E-state index in [4.69, 9.17) is 0 Å². The summed E-state index contributed by atoms with van der Waals surface area (Å²) in [5.41, 5.74) is 0.904. The van der Waals surface area contributed by atoms with E-state index in [1.165, 1.54) is 12.4 Å². The van der Waals surface area contributed by atoms with Crippen LogP contribution in [0.15, 0.2) is 24.5 Å². The zero-order valence-corrected chi connectivity index (χ0v) is 7.65. The lowest BCUT2D eigenvalue weighted by Gasteiger charge is -2.01. The van der Waals surface area contributed by atoms with Gasteiger partial charge in [0.15, 0.2) is 12.4 Å². The van der Waals surface area contributed by atoms with Crippen molar-refractivity contribution in [2.24, 2.45) is 0 Å². The summed E-state index contributed by atoms with van der Waals surface area (Å²) in [4.78, 5) is 0. The number of hydrogen-bond donors (Lipinski definition) is 1. The average Bonchev–Trinajstić information content (AvgIpc) is 2.03. The van der Waals surface area contributed by atoms with Crippen molar-refractivity contribution in [3.63, 3.8) is 0 Å².